The van der Waals surface area contributed by atoms with E-state index in [1.807, 2.05) is 0 Å². The molecule has 0 aliphatic heterocycles. The summed E-state index contributed by atoms with van der Waals surface area (Å²) < 4.78 is 49.0. The number of halogens is 3. The molecule has 3 nitrogen and oxygen atoms in total. The van der Waals surface area contributed by atoms with Crippen molar-refractivity contribution < 1.29 is 27.4 Å². The number of hydrogen-bond acceptors (Lipinski definition) is 3. The monoisotopic (exact) mass is 288 g/mol. The van der Waals surface area contributed by atoms with Crippen molar-refractivity contribution in [1.82, 2.24) is 0 Å². The number of carbonyl (C=O) groups is 1. The zero-order chi connectivity index (χ0) is 14.7. The quantitative estimate of drug-likeness (QED) is 0.631. The van der Waals surface area contributed by atoms with Crippen LogP contribution in [0.4, 0.5) is 13.2 Å². The molecule has 0 heterocycles. The molecule has 6 heteroatoms. The van der Waals surface area contributed by atoms with Gasteiger partial charge in [-0.05, 0) is 37.0 Å². The van der Waals surface area contributed by atoms with E-state index in [1.54, 1.807) is 0 Å². The van der Waals surface area contributed by atoms with Crippen molar-refractivity contribution in [3.05, 3.63) is 35.1 Å². The molecule has 1 aromatic rings. The van der Waals surface area contributed by atoms with Gasteiger partial charge in [-0.3, -0.25) is 4.79 Å². The van der Waals surface area contributed by atoms with Crippen molar-refractivity contribution in [1.29, 1.82) is 0 Å². The molecule has 2 rings (SSSR count). The van der Waals surface area contributed by atoms with Crippen molar-refractivity contribution in [2.24, 2.45) is 5.92 Å². The highest BCUT2D eigenvalue weighted by molar-refractivity contribution is 5.72. The molecular formula is C14H15F3O3. The summed E-state index contributed by atoms with van der Waals surface area (Å²) in [6.45, 7) is -0.0212. The Hall–Kier alpha value is -1.56. The number of ether oxygens (including phenoxy) is 2. The van der Waals surface area contributed by atoms with E-state index in [0.29, 0.717) is 19.3 Å². The van der Waals surface area contributed by atoms with Crippen LogP contribution in [0.15, 0.2) is 12.1 Å². The van der Waals surface area contributed by atoms with Crippen LogP contribution in [0.3, 0.4) is 0 Å². The topological polar surface area (TPSA) is 35.5 Å². The van der Waals surface area contributed by atoms with Crippen molar-refractivity contribution >= 4 is 5.97 Å². The van der Waals surface area contributed by atoms with Gasteiger partial charge in [-0.15, -0.1) is 0 Å². The van der Waals surface area contributed by atoms with Crippen LogP contribution in [0.2, 0.25) is 0 Å². The predicted octanol–water partition coefficient (Wildman–Crippen LogP) is 2.96. The molecule has 1 aliphatic carbocycles. The Labute approximate surface area is 114 Å². The third kappa shape index (κ3) is 3.30. The third-order valence-corrected chi connectivity index (χ3v) is 3.45. The first-order chi connectivity index (χ1) is 9.51. The summed E-state index contributed by atoms with van der Waals surface area (Å²) in [5.41, 5.74) is 0.225. The van der Waals surface area contributed by atoms with Crippen LogP contribution < -0.4 is 0 Å². The minimum absolute atomic E-state index is 0.0212. The van der Waals surface area contributed by atoms with Gasteiger partial charge in [-0.1, -0.05) is 0 Å². The third-order valence-electron chi connectivity index (χ3n) is 3.45. The predicted molar refractivity (Wildman–Crippen MR) is 64.3 cm³/mol. The molecule has 1 fully saturated rings. The lowest BCUT2D eigenvalue weighted by Crippen LogP contribution is -2.15. The van der Waals surface area contributed by atoms with Gasteiger partial charge in [-0.2, -0.15) is 0 Å². The second kappa shape index (κ2) is 6.26. The van der Waals surface area contributed by atoms with E-state index in [-0.39, 0.29) is 30.2 Å². The lowest BCUT2D eigenvalue weighted by Gasteiger charge is -2.12. The van der Waals surface area contributed by atoms with E-state index >= 15 is 0 Å². The Balaban J connectivity index is 1.89. The van der Waals surface area contributed by atoms with Gasteiger partial charge in [0.15, 0.2) is 17.5 Å². The van der Waals surface area contributed by atoms with Gasteiger partial charge < -0.3 is 9.47 Å². The van der Waals surface area contributed by atoms with Gasteiger partial charge in [0.25, 0.3) is 0 Å². The highest BCUT2D eigenvalue weighted by Gasteiger charge is 2.31. The fourth-order valence-corrected chi connectivity index (χ4v) is 2.38. The summed E-state index contributed by atoms with van der Waals surface area (Å²) in [5, 5.41) is 0. The maximum Gasteiger partial charge on any atom is 0.308 e. The van der Waals surface area contributed by atoms with Crippen LogP contribution in [0, 0.1) is 23.4 Å². The molecule has 0 aromatic heterocycles. The molecule has 1 aliphatic rings. The molecule has 0 spiro atoms. The maximum absolute atomic E-state index is 13.0. The normalized spacial score (nSPS) is 22.0. The first kappa shape index (κ1) is 14.8. The second-order valence-corrected chi connectivity index (χ2v) is 4.84. The largest absolute Gasteiger partial charge is 0.469 e. The zero-order valence-corrected chi connectivity index (χ0v) is 11.0. The van der Waals surface area contributed by atoms with Crippen molar-refractivity contribution in [2.75, 3.05) is 7.11 Å². The van der Waals surface area contributed by atoms with E-state index in [2.05, 4.69) is 4.74 Å². The SMILES string of the molecule is COC(=O)C1CCC(OCc2cc(F)c(F)c(F)c2)C1. The van der Waals surface area contributed by atoms with Crippen LogP contribution in [0.5, 0.6) is 0 Å². The minimum atomic E-state index is -1.49. The molecule has 2 unspecified atom stereocenters. The van der Waals surface area contributed by atoms with E-state index < -0.39 is 17.5 Å². The number of rotatable bonds is 4. The smallest absolute Gasteiger partial charge is 0.308 e. The summed E-state index contributed by atoms with van der Waals surface area (Å²) in [4.78, 5) is 11.3. The summed E-state index contributed by atoms with van der Waals surface area (Å²) in [6, 6.07) is 1.82. The van der Waals surface area contributed by atoms with Gasteiger partial charge in [-0.25, -0.2) is 13.2 Å². The molecule has 110 valence electrons. The van der Waals surface area contributed by atoms with Crippen LogP contribution >= 0.6 is 0 Å². The minimum Gasteiger partial charge on any atom is -0.469 e. The van der Waals surface area contributed by atoms with Gasteiger partial charge in [0.05, 0.1) is 25.7 Å². The fraction of sp³-hybridized carbons (Fsp3) is 0.500. The Kier molecular flexibility index (Phi) is 4.65. The molecule has 1 aromatic carbocycles. The van der Waals surface area contributed by atoms with E-state index in [9.17, 15) is 18.0 Å². The lowest BCUT2D eigenvalue weighted by atomic mass is 10.1. The molecule has 20 heavy (non-hydrogen) atoms. The molecule has 1 saturated carbocycles. The average Bonchev–Trinajstić information content (AvgIpc) is 2.90. The van der Waals surface area contributed by atoms with Gasteiger partial charge in [0, 0.05) is 0 Å². The molecule has 0 saturated heterocycles. The Morgan fingerprint density at radius 3 is 2.50 bits per heavy atom. The molecule has 0 bridgehead atoms. The highest BCUT2D eigenvalue weighted by atomic mass is 19.2. The Morgan fingerprint density at radius 2 is 1.90 bits per heavy atom. The highest BCUT2D eigenvalue weighted by Crippen LogP contribution is 2.29. The second-order valence-electron chi connectivity index (χ2n) is 4.84. The van der Waals surface area contributed by atoms with E-state index in [1.165, 1.54) is 7.11 Å². The summed E-state index contributed by atoms with van der Waals surface area (Å²) in [7, 11) is 1.33. The number of carbonyl (C=O) groups excluding carboxylic acids is 1. The Bertz CT molecular complexity index is 481. The molecule has 0 amide bonds. The Morgan fingerprint density at radius 1 is 1.25 bits per heavy atom. The molecule has 0 radical (unpaired) electrons. The number of hydrogen-bond donors (Lipinski definition) is 0. The van der Waals surface area contributed by atoms with Crippen molar-refractivity contribution in [2.45, 2.75) is 32.0 Å². The van der Waals surface area contributed by atoms with Crippen molar-refractivity contribution in [3.8, 4) is 0 Å². The van der Waals surface area contributed by atoms with E-state index in [4.69, 9.17) is 4.74 Å². The molecule has 0 N–H and O–H groups in total. The van der Waals surface area contributed by atoms with Gasteiger partial charge >= 0.3 is 5.97 Å². The van der Waals surface area contributed by atoms with Crippen LogP contribution in [-0.4, -0.2) is 19.2 Å². The number of benzene rings is 1. The van der Waals surface area contributed by atoms with Gasteiger partial charge in [0.1, 0.15) is 0 Å². The number of methoxy groups -OCH3 is 1. The fourth-order valence-electron chi connectivity index (χ4n) is 2.38. The lowest BCUT2D eigenvalue weighted by molar-refractivity contribution is -0.145. The van der Waals surface area contributed by atoms with Crippen LogP contribution in [0.25, 0.3) is 0 Å². The number of esters is 1. The van der Waals surface area contributed by atoms with Crippen LogP contribution in [-0.2, 0) is 20.9 Å². The first-order valence-electron chi connectivity index (χ1n) is 6.34. The standard InChI is InChI=1S/C14H15F3O3/c1-19-14(18)9-2-3-10(6-9)20-7-8-4-11(15)13(17)12(16)5-8/h4-5,9-10H,2-3,6-7H2,1H3. The molecule has 2 atom stereocenters. The zero-order valence-electron chi connectivity index (χ0n) is 11.0. The average molecular weight is 288 g/mol. The van der Waals surface area contributed by atoms with E-state index in [0.717, 1.165) is 12.1 Å². The summed E-state index contributed by atoms with van der Waals surface area (Å²) in [6.07, 6.45) is 1.73. The van der Waals surface area contributed by atoms with Crippen LogP contribution in [0.1, 0.15) is 24.8 Å². The molecular weight excluding hydrogens is 273 g/mol. The van der Waals surface area contributed by atoms with Gasteiger partial charge in [0.2, 0.25) is 0 Å². The summed E-state index contributed by atoms with van der Waals surface area (Å²) >= 11 is 0. The summed E-state index contributed by atoms with van der Waals surface area (Å²) in [5.74, 6) is -4.41. The van der Waals surface area contributed by atoms with Crippen molar-refractivity contribution in [3.63, 3.8) is 0 Å². The maximum atomic E-state index is 13.0. The first-order valence-corrected chi connectivity index (χ1v) is 6.34.